The second-order valence-corrected chi connectivity index (χ2v) is 38.5. The van der Waals surface area contributed by atoms with Gasteiger partial charge < -0.3 is 18.9 Å². The van der Waals surface area contributed by atoms with Gasteiger partial charge in [-0.15, -0.1) is 0 Å². The molecule has 0 N–H and O–H groups in total. The second-order valence-electron chi connectivity index (χ2n) is 38.5. The minimum absolute atomic E-state index is 0.509. The van der Waals surface area contributed by atoms with Gasteiger partial charge in [0, 0.05) is 66.7 Å². The van der Waals surface area contributed by atoms with Crippen LogP contribution in [0.25, 0.3) is 166 Å². The van der Waals surface area contributed by atoms with E-state index in [-0.39, 0.29) is 0 Å². The summed E-state index contributed by atoms with van der Waals surface area (Å²) in [6, 6.07) is 214. The molecule has 2 aliphatic rings. The van der Waals surface area contributed by atoms with Crippen LogP contribution in [0.1, 0.15) is 44.5 Å². The van der Waals surface area contributed by atoms with E-state index in [1.54, 1.807) is 0 Å². The Balaban J connectivity index is 0.000000145. The Kier molecular flexibility index (Phi) is 21.4. The van der Waals surface area contributed by atoms with Crippen molar-refractivity contribution in [3.63, 3.8) is 0 Å². The maximum Gasteiger partial charge on any atom is 0.0714 e. The van der Waals surface area contributed by atoms with Gasteiger partial charge in [-0.1, -0.05) is 443 Å². The van der Waals surface area contributed by atoms with E-state index < -0.39 is 10.8 Å². The number of fused-ring (bicyclic) bond motifs is 14. The highest BCUT2D eigenvalue weighted by Gasteiger charge is 2.48. The van der Waals surface area contributed by atoms with Crippen molar-refractivity contribution in [2.45, 2.75) is 10.8 Å². The van der Waals surface area contributed by atoms with Crippen LogP contribution >= 0.6 is 0 Å². The van der Waals surface area contributed by atoms with Gasteiger partial charge in [0.25, 0.3) is 0 Å². The standard InChI is InChI=1S/2C71H48N2/c1-4-18-49(19-5-1)50-34-41-59(42-35-50)73-69-32-15-13-30-64(69)65-47-55(38-45-70(65)73)54-23-16-22-53(46-54)51-36-39-58(40-37-51)72(68-33-17-21-52-20-10-11-28-61(52)68)60-43-44-63-62-29-12-14-31-66(62)71(67(63)48-60,56-24-6-2-7-25-56)57-26-8-3-9-27-57;1-4-17-49(18-5-1)51-31-39-60(40-32-51)73-69-30-15-13-28-65(69)66-47-56(36-44-70(66)73)54-22-16-21-53(45-54)52-33-37-59(38-34-52)72(61-41-35-50-19-10-11-20-55(50)46-61)62-42-43-64-63-27-12-14-29-67(63)71(68(64)48-62,57-23-6-2-7-24-57)58-25-8-3-9-26-58/h2*1-48H. The van der Waals surface area contributed by atoms with Crippen LogP contribution in [0.15, 0.2) is 582 Å². The molecule has 26 aromatic rings. The van der Waals surface area contributed by atoms with E-state index in [0.717, 1.165) is 56.6 Å². The zero-order valence-electron chi connectivity index (χ0n) is 80.2. The molecule has 2 heterocycles. The van der Waals surface area contributed by atoms with Crippen LogP contribution in [0.5, 0.6) is 0 Å². The summed E-state index contributed by atoms with van der Waals surface area (Å²) in [6.07, 6.45) is 0. The van der Waals surface area contributed by atoms with Crippen molar-refractivity contribution in [3.8, 4) is 100 Å². The molecule has 0 unspecified atom stereocenters. The topological polar surface area (TPSA) is 16.3 Å². The number of anilines is 6. The van der Waals surface area contributed by atoms with Gasteiger partial charge in [0.2, 0.25) is 0 Å². The van der Waals surface area contributed by atoms with E-state index in [1.165, 1.54) is 188 Å². The summed E-state index contributed by atoms with van der Waals surface area (Å²) in [5.41, 5.74) is 42.3. The Labute approximate surface area is 850 Å². The summed E-state index contributed by atoms with van der Waals surface area (Å²) in [5, 5.41) is 9.79. The minimum Gasteiger partial charge on any atom is -0.310 e. The van der Waals surface area contributed by atoms with Crippen LogP contribution in [0.3, 0.4) is 0 Å². The van der Waals surface area contributed by atoms with Gasteiger partial charge in [0.05, 0.1) is 38.6 Å². The Morgan fingerprint density at radius 1 is 0.144 bits per heavy atom. The highest BCUT2D eigenvalue weighted by Crippen LogP contribution is 2.60. The van der Waals surface area contributed by atoms with E-state index in [1.807, 2.05) is 0 Å². The molecule has 0 saturated heterocycles. The lowest BCUT2D eigenvalue weighted by atomic mass is 9.67. The van der Waals surface area contributed by atoms with Crippen LogP contribution in [-0.4, -0.2) is 9.13 Å². The third-order valence-electron chi connectivity index (χ3n) is 30.5. The molecule has 2 aromatic heterocycles. The molecule has 0 saturated carbocycles. The van der Waals surface area contributed by atoms with Crippen molar-refractivity contribution in [2.75, 3.05) is 9.80 Å². The molecule has 146 heavy (non-hydrogen) atoms. The van der Waals surface area contributed by atoms with Gasteiger partial charge in [-0.3, -0.25) is 0 Å². The Morgan fingerprint density at radius 2 is 0.432 bits per heavy atom. The molecule has 0 fully saturated rings. The number of aromatic nitrogens is 2. The van der Waals surface area contributed by atoms with Crippen molar-refractivity contribution < 1.29 is 0 Å². The predicted molar refractivity (Wildman–Crippen MR) is 613 cm³/mol. The summed E-state index contributed by atoms with van der Waals surface area (Å²) in [5.74, 6) is 0. The van der Waals surface area contributed by atoms with Gasteiger partial charge in [-0.25, -0.2) is 0 Å². The number of benzene rings is 24. The van der Waals surface area contributed by atoms with E-state index in [4.69, 9.17) is 0 Å². The second kappa shape index (κ2) is 36.3. The molecule has 28 rings (SSSR count). The Morgan fingerprint density at radius 3 is 0.890 bits per heavy atom. The average Bonchev–Trinajstić information content (AvgIpc) is 1.54. The summed E-state index contributed by atoms with van der Waals surface area (Å²) in [6.45, 7) is 0. The number of para-hydroxylation sites is 2. The fourth-order valence-corrected chi connectivity index (χ4v) is 23.8. The summed E-state index contributed by atoms with van der Waals surface area (Å²) < 4.78 is 4.79. The minimum atomic E-state index is -0.513. The number of hydrogen-bond donors (Lipinski definition) is 0. The summed E-state index contributed by atoms with van der Waals surface area (Å²) in [4.78, 5) is 4.88. The smallest absolute Gasteiger partial charge is 0.0714 e. The quantitative estimate of drug-likeness (QED) is 0.0851. The lowest BCUT2D eigenvalue weighted by molar-refractivity contribution is 0.768. The molecule has 0 radical (unpaired) electrons. The van der Waals surface area contributed by atoms with Crippen LogP contribution in [-0.2, 0) is 10.8 Å². The first kappa shape index (κ1) is 86.1. The normalized spacial score (nSPS) is 12.5. The SMILES string of the molecule is c1ccc(-c2ccc(-n3c4ccccc4c4cc(-c5cccc(-c6ccc(N(c7ccc8c(c7)C(c7ccccc7)(c7ccccc7)c7ccccc7-8)c7ccc8ccccc8c7)cc6)c5)ccc43)cc2)cc1.c1ccc(-c2ccc(-n3c4ccccc4c4cc(-c5cccc(-c6ccc(N(c7ccc8c(c7)C(c7ccccc7)(c7ccccc7)c7ccccc7-8)c7cccc8ccccc78)cc6)c5)ccc43)cc2)cc1. The van der Waals surface area contributed by atoms with Gasteiger partial charge in [0.1, 0.15) is 0 Å². The van der Waals surface area contributed by atoms with Gasteiger partial charge in [-0.05, 0) is 289 Å². The van der Waals surface area contributed by atoms with Crippen LogP contribution in [0, 0.1) is 0 Å². The molecular weight excluding hydrogens is 1760 g/mol. The van der Waals surface area contributed by atoms with Crippen molar-refractivity contribution >= 4 is 99.3 Å². The Hall–Kier alpha value is -19.0. The lowest BCUT2D eigenvalue weighted by Crippen LogP contribution is -2.28. The zero-order valence-corrected chi connectivity index (χ0v) is 80.2. The van der Waals surface area contributed by atoms with Crippen molar-refractivity contribution in [1.29, 1.82) is 0 Å². The molecule has 4 nitrogen and oxygen atoms in total. The first-order valence-electron chi connectivity index (χ1n) is 50.5. The van der Waals surface area contributed by atoms with E-state index in [9.17, 15) is 0 Å². The van der Waals surface area contributed by atoms with E-state index in [0.29, 0.717) is 0 Å². The van der Waals surface area contributed by atoms with Crippen LogP contribution in [0.4, 0.5) is 34.1 Å². The molecule has 4 heteroatoms. The fraction of sp³-hybridized carbons (Fsp3) is 0.0141. The first-order chi connectivity index (χ1) is 72.4. The monoisotopic (exact) mass is 1860 g/mol. The number of nitrogens with zero attached hydrogens (tertiary/aromatic N) is 4. The molecule has 0 spiro atoms. The van der Waals surface area contributed by atoms with E-state index in [2.05, 4.69) is 601 Å². The lowest BCUT2D eigenvalue weighted by Gasteiger charge is -2.35. The van der Waals surface area contributed by atoms with Gasteiger partial charge in [-0.2, -0.15) is 0 Å². The van der Waals surface area contributed by atoms with Crippen molar-refractivity contribution in [3.05, 3.63) is 627 Å². The molecule has 24 aromatic carbocycles. The molecule has 0 amide bonds. The largest absolute Gasteiger partial charge is 0.310 e. The average molecular weight is 1860 g/mol. The number of hydrogen-bond acceptors (Lipinski definition) is 2. The molecule has 2 aliphatic carbocycles. The Bertz CT molecular complexity index is 9350. The zero-order chi connectivity index (χ0) is 96.6. The van der Waals surface area contributed by atoms with Gasteiger partial charge in [0.15, 0.2) is 0 Å². The maximum atomic E-state index is 2.46. The predicted octanol–water partition coefficient (Wildman–Crippen LogP) is 37.5. The highest BCUT2D eigenvalue weighted by molar-refractivity contribution is 6.13. The van der Waals surface area contributed by atoms with Crippen molar-refractivity contribution in [2.24, 2.45) is 0 Å². The summed E-state index contributed by atoms with van der Waals surface area (Å²) >= 11 is 0. The van der Waals surface area contributed by atoms with Crippen LogP contribution < -0.4 is 9.80 Å². The summed E-state index contributed by atoms with van der Waals surface area (Å²) in [7, 11) is 0. The van der Waals surface area contributed by atoms with Crippen molar-refractivity contribution in [1.82, 2.24) is 9.13 Å². The first-order valence-corrected chi connectivity index (χ1v) is 50.5. The molecule has 684 valence electrons. The fourth-order valence-electron chi connectivity index (χ4n) is 23.8. The van der Waals surface area contributed by atoms with Crippen LogP contribution in [0.2, 0.25) is 0 Å². The highest BCUT2D eigenvalue weighted by atomic mass is 15.2. The van der Waals surface area contributed by atoms with Gasteiger partial charge >= 0.3 is 0 Å². The third kappa shape index (κ3) is 14.7. The maximum absolute atomic E-state index is 2.46. The molecule has 0 aliphatic heterocycles. The molecule has 0 atom stereocenters. The van der Waals surface area contributed by atoms with E-state index >= 15 is 0 Å². The number of rotatable bonds is 18. The molecular formula is C142H96N4. The third-order valence-corrected chi connectivity index (χ3v) is 30.5. The molecule has 0 bridgehead atoms.